The van der Waals surface area contributed by atoms with Gasteiger partial charge in [0.05, 0.1) is 0 Å². The van der Waals surface area contributed by atoms with Gasteiger partial charge >= 0.3 is 0 Å². The van der Waals surface area contributed by atoms with Crippen LogP contribution < -0.4 is 5.73 Å². The molecule has 1 aromatic rings. The number of Topliss-reactive ketones (excluding diaryl/α,β-unsaturated/α-hetero) is 1. The van der Waals surface area contributed by atoms with Crippen LogP contribution in [-0.4, -0.2) is 22.3 Å². The van der Waals surface area contributed by atoms with Crippen LogP contribution in [0.2, 0.25) is 0 Å². The van der Waals surface area contributed by atoms with Crippen molar-refractivity contribution in [3.8, 4) is 0 Å². The Morgan fingerprint density at radius 1 is 1.41 bits per heavy atom. The van der Waals surface area contributed by atoms with E-state index in [-0.39, 0.29) is 11.2 Å². The van der Waals surface area contributed by atoms with E-state index in [4.69, 9.17) is 5.73 Å². The summed E-state index contributed by atoms with van der Waals surface area (Å²) < 4.78 is 0. The summed E-state index contributed by atoms with van der Waals surface area (Å²) >= 11 is 0. The number of nitrogens with one attached hydrogen (secondary N) is 1. The van der Waals surface area contributed by atoms with E-state index < -0.39 is 0 Å². The normalized spacial score (nSPS) is 20.5. The Labute approximate surface area is 102 Å². The highest BCUT2D eigenvalue weighted by Gasteiger charge is 2.30. The molecular formula is C13H21N3O. The second kappa shape index (κ2) is 4.26. The molecule has 3 N–H and O–H groups in total. The quantitative estimate of drug-likeness (QED) is 0.821. The Hall–Kier alpha value is -1.16. The number of ketones is 1. The van der Waals surface area contributed by atoms with Crippen molar-refractivity contribution < 1.29 is 4.79 Å². The summed E-state index contributed by atoms with van der Waals surface area (Å²) in [6, 6.07) is 0. The molecule has 0 fully saturated rings. The van der Waals surface area contributed by atoms with E-state index in [1.54, 1.807) is 0 Å². The molecule has 1 heterocycles. The van der Waals surface area contributed by atoms with Crippen LogP contribution in [-0.2, 0) is 11.8 Å². The van der Waals surface area contributed by atoms with Crippen LogP contribution >= 0.6 is 0 Å². The number of aromatic amines is 1. The lowest BCUT2D eigenvalue weighted by atomic mass is 9.87. The highest BCUT2D eigenvalue weighted by atomic mass is 16.1. The highest BCUT2D eigenvalue weighted by molar-refractivity contribution is 5.96. The lowest BCUT2D eigenvalue weighted by molar-refractivity contribution is 0.0941. The standard InChI is InChI=1S/C13H21N3O/c1-13(2,3)12-15-9-6-8(4-5-14)7-10(17)11(9)16-12/h8H,4-7,14H2,1-3H3,(H,15,16). The average molecular weight is 235 g/mol. The molecule has 0 saturated carbocycles. The minimum atomic E-state index is -0.0407. The maximum Gasteiger partial charge on any atom is 0.183 e. The molecule has 4 nitrogen and oxygen atoms in total. The first kappa shape index (κ1) is 12.3. The topological polar surface area (TPSA) is 71.8 Å². The van der Waals surface area contributed by atoms with E-state index in [0.717, 1.165) is 24.4 Å². The third-order valence-corrected chi connectivity index (χ3v) is 3.30. The van der Waals surface area contributed by atoms with Gasteiger partial charge in [-0.3, -0.25) is 4.79 Å². The molecule has 0 aromatic carbocycles. The molecule has 1 atom stereocenters. The van der Waals surface area contributed by atoms with Crippen molar-refractivity contribution in [2.45, 2.75) is 45.4 Å². The van der Waals surface area contributed by atoms with E-state index in [1.807, 2.05) is 0 Å². The van der Waals surface area contributed by atoms with Gasteiger partial charge < -0.3 is 10.7 Å². The van der Waals surface area contributed by atoms with Crippen LogP contribution in [0.1, 0.15) is 55.6 Å². The first-order valence-corrected chi connectivity index (χ1v) is 6.24. The predicted octanol–water partition coefficient (Wildman–Crippen LogP) is 1.80. The van der Waals surface area contributed by atoms with Gasteiger partial charge in [0.1, 0.15) is 11.5 Å². The number of rotatable bonds is 2. The lowest BCUT2D eigenvalue weighted by Crippen LogP contribution is -2.22. The molecule has 2 rings (SSSR count). The molecule has 17 heavy (non-hydrogen) atoms. The van der Waals surface area contributed by atoms with Crippen molar-refractivity contribution in [1.29, 1.82) is 0 Å². The third-order valence-electron chi connectivity index (χ3n) is 3.30. The smallest absolute Gasteiger partial charge is 0.183 e. The number of nitrogens with zero attached hydrogens (tertiary/aromatic N) is 1. The molecule has 1 unspecified atom stereocenters. The van der Waals surface area contributed by atoms with Crippen LogP contribution in [0, 0.1) is 5.92 Å². The average Bonchev–Trinajstić information content (AvgIpc) is 2.61. The predicted molar refractivity (Wildman–Crippen MR) is 67.1 cm³/mol. The molecule has 0 bridgehead atoms. The molecule has 1 aliphatic rings. The Bertz CT molecular complexity index is 428. The molecule has 94 valence electrons. The second-order valence-electron chi connectivity index (χ2n) is 5.94. The van der Waals surface area contributed by atoms with Crippen LogP contribution in [0.5, 0.6) is 0 Å². The first-order valence-electron chi connectivity index (χ1n) is 6.24. The SMILES string of the molecule is CC(C)(C)c1nc2c([nH]1)CC(CCN)CC2=O. The Morgan fingerprint density at radius 2 is 2.12 bits per heavy atom. The van der Waals surface area contributed by atoms with Gasteiger partial charge in [-0.25, -0.2) is 4.98 Å². The molecule has 0 aliphatic heterocycles. The number of hydrogen-bond acceptors (Lipinski definition) is 3. The minimum absolute atomic E-state index is 0.0407. The number of H-pyrrole nitrogens is 1. The lowest BCUT2D eigenvalue weighted by Gasteiger charge is -2.19. The minimum Gasteiger partial charge on any atom is -0.345 e. The summed E-state index contributed by atoms with van der Waals surface area (Å²) in [6.45, 7) is 6.94. The van der Waals surface area contributed by atoms with Gasteiger partial charge in [-0.15, -0.1) is 0 Å². The van der Waals surface area contributed by atoms with Crippen molar-refractivity contribution in [3.63, 3.8) is 0 Å². The van der Waals surface area contributed by atoms with E-state index in [9.17, 15) is 4.79 Å². The number of nitrogens with two attached hydrogens (primary N) is 1. The van der Waals surface area contributed by atoms with Crippen LogP contribution in [0.15, 0.2) is 0 Å². The number of hydrogen-bond donors (Lipinski definition) is 2. The number of carbonyl (C=O) groups excluding carboxylic acids is 1. The van der Waals surface area contributed by atoms with Crippen LogP contribution in [0.25, 0.3) is 0 Å². The van der Waals surface area contributed by atoms with Gasteiger partial charge in [-0.1, -0.05) is 20.8 Å². The van der Waals surface area contributed by atoms with Crippen molar-refractivity contribution in [2.75, 3.05) is 6.54 Å². The largest absolute Gasteiger partial charge is 0.345 e. The first-order chi connectivity index (χ1) is 7.91. The van der Waals surface area contributed by atoms with Gasteiger partial charge in [0, 0.05) is 17.5 Å². The van der Waals surface area contributed by atoms with Gasteiger partial charge in [-0.05, 0) is 25.3 Å². The maximum absolute atomic E-state index is 12.0. The molecular weight excluding hydrogens is 214 g/mol. The van der Waals surface area contributed by atoms with Gasteiger partial charge in [0.25, 0.3) is 0 Å². The van der Waals surface area contributed by atoms with Crippen molar-refractivity contribution >= 4 is 5.78 Å². The summed E-state index contributed by atoms with van der Waals surface area (Å²) in [5, 5.41) is 0. The molecule has 1 aliphatic carbocycles. The molecule has 0 amide bonds. The van der Waals surface area contributed by atoms with Gasteiger partial charge in [0.2, 0.25) is 0 Å². The molecule has 0 saturated heterocycles. The fourth-order valence-electron chi connectivity index (χ4n) is 2.30. The van der Waals surface area contributed by atoms with Gasteiger partial charge in [-0.2, -0.15) is 0 Å². The highest BCUT2D eigenvalue weighted by Crippen LogP contribution is 2.29. The summed E-state index contributed by atoms with van der Waals surface area (Å²) in [4.78, 5) is 19.8. The van der Waals surface area contributed by atoms with Gasteiger partial charge in [0.15, 0.2) is 5.78 Å². The monoisotopic (exact) mass is 235 g/mol. The van der Waals surface area contributed by atoms with Crippen molar-refractivity contribution in [1.82, 2.24) is 9.97 Å². The molecule has 4 heteroatoms. The van der Waals surface area contributed by atoms with Crippen molar-refractivity contribution in [3.05, 3.63) is 17.2 Å². The second-order valence-corrected chi connectivity index (χ2v) is 5.94. The van der Waals surface area contributed by atoms with Crippen LogP contribution in [0.4, 0.5) is 0 Å². The summed E-state index contributed by atoms with van der Waals surface area (Å²) in [7, 11) is 0. The third kappa shape index (κ3) is 2.41. The number of fused-ring (bicyclic) bond motifs is 1. The Kier molecular flexibility index (Phi) is 3.08. The fraction of sp³-hybridized carbons (Fsp3) is 0.692. The maximum atomic E-state index is 12.0. The Balaban J connectivity index is 2.29. The zero-order valence-electron chi connectivity index (χ0n) is 10.8. The summed E-state index contributed by atoms with van der Waals surface area (Å²) in [5.74, 6) is 1.45. The molecule has 0 radical (unpaired) electrons. The zero-order chi connectivity index (χ0) is 12.6. The van der Waals surface area contributed by atoms with E-state index in [0.29, 0.717) is 24.6 Å². The fourth-order valence-corrected chi connectivity index (χ4v) is 2.30. The molecule has 0 spiro atoms. The number of imidazole rings is 1. The number of aromatic nitrogens is 2. The van der Waals surface area contributed by atoms with E-state index in [1.165, 1.54) is 0 Å². The van der Waals surface area contributed by atoms with E-state index in [2.05, 4.69) is 30.7 Å². The zero-order valence-corrected chi connectivity index (χ0v) is 10.8. The summed E-state index contributed by atoms with van der Waals surface area (Å²) in [6.07, 6.45) is 2.41. The van der Waals surface area contributed by atoms with Crippen molar-refractivity contribution in [2.24, 2.45) is 11.7 Å². The number of carbonyl (C=O) groups is 1. The summed E-state index contributed by atoms with van der Waals surface area (Å²) in [5.41, 5.74) is 7.18. The Morgan fingerprint density at radius 3 is 2.71 bits per heavy atom. The van der Waals surface area contributed by atoms with Crippen LogP contribution in [0.3, 0.4) is 0 Å². The molecule has 1 aromatic heterocycles. The van der Waals surface area contributed by atoms with E-state index >= 15 is 0 Å².